The largest absolute Gasteiger partial charge is 0.256 e. The van der Waals surface area contributed by atoms with E-state index in [0.29, 0.717) is 0 Å². The van der Waals surface area contributed by atoms with E-state index in [0.717, 1.165) is 5.52 Å². The van der Waals surface area contributed by atoms with Crippen molar-refractivity contribution >= 4 is 53.2 Å². The third-order valence-electron chi connectivity index (χ3n) is 6.52. The third kappa shape index (κ3) is 2.88. The third-order valence-corrected chi connectivity index (χ3v) is 7.74. The zero-order valence-electron chi connectivity index (χ0n) is 17.8. The van der Waals surface area contributed by atoms with E-state index >= 15 is 0 Å². The van der Waals surface area contributed by atoms with Crippen LogP contribution in [0.25, 0.3) is 64.1 Å². The van der Waals surface area contributed by atoms with Crippen molar-refractivity contribution in [1.29, 1.82) is 0 Å². The first-order valence-electron chi connectivity index (χ1n) is 11.1. The summed E-state index contributed by atoms with van der Waals surface area (Å²) < 4.78 is 2.69. The van der Waals surface area contributed by atoms with Crippen molar-refractivity contribution in [3.8, 4) is 22.3 Å². The second-order valence-corrected chi connectivity index (χ2v) is 9.45. The zero-order valence-corrected chi connectivity index (χ0v) is 18.6. The van der Waals surface area contributed by atoms with Gasteiger partial charge in [0.1, 0.15) is 0 Å². The van der Waals surface area contributed by atoms with Crippen LogP contribution in [-0.2, 0) is 0 Å². The van der Waals surface area contributed by atoms with Gasteiger partial charge in [0.15, 0.2) is 0 Å². The van der Waals surface area contributed by atoms with Crippen LogP contribution in [0.3, 0.4) is 0 Å². The molecule has 0 fully saturated rings. The summed E-state index contributed by atoms with van der Waals surface area (Å²) in [4.78, 5) is 4.72. The van der Waals surface area contributed by atoms with Crippen LogP contribution in [0.2, 0.25) is 0 Å². The standard InChI is InChI=1S/C31H19NS/c1-2-8-23-22(7-1)19-28(26-12-6-18-32-30(23)26)21-16-14-20(15-17-21)24-10-5-11-27-25-9-3-4-13-29(25)33-31(24)27/h1-19H. The highest BCUT2D eigenvalue weighted by Gasteiger charge is 2.12. The molecule has 0 aliphatic carbocycles. The molecule has 2 heterocycles. The lowest BCUT2D eigenvalue weighted by molar-refractivity contribution is 1.43. The Hall–Kier alpha value is -4.01. The molecule has 0 N–H and O–H groups in total. The molecule has 0 aliphatic rings. The van der Waals surface area contributed by atoms with Gasteiger partial charge in [-0.15, -0.1) is 11.3 Å². The van der Waals surface area contributed by atoms with Gasteiger partial charge >= 0.3 is 0 Å². The first-order valence-corrected chi connectivity index (χ1v) is 12.0. The van der Waals surface area contributed by atoms with E-state index in [9.17, 15) is 0 Å². The number of benzene rings is 5. The molecule has 7 rings (SSSR count). The van der Waals surface area contributed by atoms with Crippen LogP contribution in [0.4, 0.5) is 0 Å². The van der Waals surface area contributed by atoms with Gasteiger partial charge in [0, 0.05) is 37.1 Å². The van der Waals surface area contributed by atoms with E-state index in [2.05, 4.69) is 103 Å². The Morgan fingerprint density at radius 1 is 0.515 bits per heavy atom. The van der Waals surface area contributed by atoms with Gasteiger partial charge in [0.05, 0.1) is 5.52 Å². The molecular formula is C31H19NS. The fraction of sp³-hybridized carbons (Fsp3) is 0. The quantitative estimate of drug-likeness (QED) is 0.246. The minimum absolute atomic E-state index is 1.06. The van der Waals surface area contributed by atoms with Gasteiger partial charge in [-0.1, -0.05) is 91.0 Å². The van der Waals surface area contributed by atoms with Gasteiger partial charge in [-0.05, 0) is 45.8 Å². The molecule has 2 aromatic heterocycles. The molecule has 0 spiro atoms. The van der Waals surface area contributed by atoms with Gasteiger partial charge < -0.3 is 0 Å². The molecule has 0 unspecified atom stereocenters. The van der Waals surface area contributed by atoms with Gasteiger partial charge in [-0.25, -0.2) is 0 Å². The highest BCUT2D eigenvalue weighted by molar-refractivity contribution is 7.26. The van der Waals surface area contributed by atoms with Crippen LogP contribution in [0.15, 0.2) is 115 Å². The Balaban J connectivity index is 1.40. The molecule has 0 radical (unpaired) electrons. The smallest absolute Gasteiger partial charge is 0.0786 e. The number of hydrogen-bond acceptors (Lipinski definition) is 2. The van der Waals surface area contributed by atoms with E-state index in [-0.39, 0.29) is 0 Å². The van der Waals surface area contributed by atoms with Crippen molar-refractivity contribution in [3.05, 3.63) is 115 Å². The molecule has 0 aliphatic heterocycles. The van der Waals surface area contributed by atoms with E-state index in [1.807, 2.05) is 23.6 Å². The molecule has 0 bridgehead atoms. The summed E-state index contributed by atoms with van der Waals surface area (Å²) in [7, 11) is 0. The average molecular weight is 438 g/mol. The number of hydrogen-bond donors (Lipinski definition) is 0. The topological polar surface area (TPSA) is 12.9 Å². The fourth-order valence-electron chi connectivity index (χ4n) is 4.95. The molecule has 7 aromatic rings. The molecule has 0 atom stereocenters. The van der Waals surface area contributed by atoms with Crippen LogP contribution in [0.1, 0.15) is 0 Å². The minimum Gasteiger partial charge on any atom is -0.256 e. The molecule has 33 heavy (non-hydrogen) atoms. The Kier molecular flexibility index (Phi) is 4.08. The maximum absolute atomic E-state index is 4.72. The predicted octanol–water partition coefficient (Wildman–Crippen LogP) is 9.09. The molecule has 5 aromatic carbocycles. The summed E-state index contributed by atoms with van der Waals surface area (Å²) in [6.45, 7) is 0. The first kappa shape index (κ1) is 18.6. The number of thiophene rings is 1. The van der Waals surface area contributed by atoms with Crippen LogP contribution < -0.4 is 0 Å². The maximum atomic E-state index is 4.72. The minimum atomic E-state index is 1.06. The molecular weight excluding hydrogens is 418 g/mol. The molecule has 0 saturated carbocycles. The Bertz CT molecular complexity index is 1810. The van der Waals surface area contributed by atoms with E-state index < -0.39 is 0 Å². The van der Waals surface area contributed by atoms with Crippen molar-refractivity contribution in [3.63, 3.8) is 0 Å². The van der Waals surface area contributed by atoms with Crippen molar-refractivity contribution < 1.29 is 0 Å². The van der Waals surface area contributed by atoms with Crippen molar-refractivity contribution in [2.75, 3.05) is 0 Å². The Labute approximate surface area is 195 Å². The maximum Gasteiger partial charge on any atom is 0.0786 e. The molecule has 2 heteroatoms. The van der Waals surface area contributed by atoms with E-state index in [4.69, 9.17) is 4.98 Å². The lowest BCUT2D eigenvalue weighted by Gasteiger charge is -2.11. The second-order valence-electron chi connectivity index (χ2n) is 8.40. The van der Waals surface area contributed by atoms with Crippen LogP contribution in [0, 0.1) is 0 Å². The predicted molar refractivity (Wildman–Crippen MR) is 143 cm³/mol. The van der Waals surface area contributed by atoms with E-state index in [1.54, 1.807) is 0 Å². The van der Waals surface area contributed by atoms with Gasteiger partial charge in [0.2, 0.25) is 0 Å². The molecule has 0 saturated heterocycles. The number of fused-ring (bicyclic) bond motifs is 6. The second kappa shape index (κ2) is 7.26. The lowest BCUT2D eigenvalue weighted by Crippen LogP contribution is -1.87. The number of rotatable bonds is 2. The van der Waals surface area contributed by atoms with Crippen molar-refractivity contribution in [2.45, 2.75) is 0 Å². The Morgan fingerprint density at radius 3 is 2.09 bits per heavy atom. The fourth-order valence-corrected chi connectivity index (χ4v) is 6.19. The first-order chi connectivity index (χ1) is 16.4. The highest BCUT2D eigenvalue weighted by atomic mass is 32.1. The lowest BCUT2D eigenvalue weighted by atomic mass is 9.94. The summed E-state index contributed by atoms with van der Waals surface area (Å²) in [6, 6.07) is 39.3. The highest BCUT2D eigenvalue weighted by Crippen LogP contribution is 2.40. The summed E-state index contributed by atoms with van der Waals surface area (Å²) in [5.41, 5.74) is 6.04. The van der Waals surface area contributed by atoms with Crippen LogP contribution in [-0.4, -0.2) is 4.98 Å². The van der Waals surface area contributed by atoms with Crippen molar-refractivity contribution in [2.24, 2.45) is 0 Å². The molecule has 1 nitrogen and oxygen atoms in total. The van der Waals surface area contributed by atoms with Crippen LogP contribution >= 0.6 is 11.3 Å². The van der Waals surface area contributed by atoms with Gasteiger partial charge in [0.25, 0.3) is 0 Å². The number of pyridine rings is 1. The number of nitrogens with zero attached hydrogens (tertiary/aromatic N) is 1. The number of aromatic nitrogens is 1. The van der Waals surface area contributed by atoms with Gasteiger partial charge in [-0.2, -0.15) is 0 Å². The normalized spacial score (nSPS) is 11.6. The average Bonchev–Trinajstić information content (AvgIpc) is 3.27. The monoisotopic (exact) mass is 437 g/mol. The molecule has 0 amide bonds. The SMILES string of the molecule is c1ccc2c(c1)cc(-c1ccc(-c3cccc4c3sc3ccccc34)cc1)c1cccnc12. The zero-order chi connectivity index (χ0) is 21.8. The summed E-state index contributed by atoms with van der Waals surface area (Å²) >= 11 is 1.88. The molecule has 154 valence electrons. The van der Waals surface area contributed by atoms with E-state index in [1.165, 1.54) is 58.6 Å². The Morgan fingerprint density at radius 2 is 1.21 bits per heavy atom. The van der Waals surface area contributed by atoms with Crippen LogP contribution in [0.5, 0.6) is 0 Å². The summed E-state index contributed by atoms with van der Waals surface area (Å²) in [5.74, 6) is 0. The van der Waals surface area contributed by atoms with Crippen molar-refractivity contribution in [1.82, 2.24) is 4.98 Å². The summed E-state index contributed by atoms with van der Waals surface area (Å²) in [5, 5.41) is 6.29. The summed E-state index contributed by atoms with van der Waals surface area (Å²) in [6.07, 6.45) is 1.88. The van der Waals surface area contributed by atoms with Gasteiger partial charge in [-0.3, -0.25) is 4.98 Å².